The highest BCUT2D eigenvalue weighted by atomic mass is 15.0. The first-order valence-corrected chi connectivity index (χ1v) is 17.0. The minimum Gasteiger partial charge on any atom is -0.309 e. The Morgan fingerprint density at radius 3 is 1.58 bits per heavy atom. The molecule has 50 heavy (non-hydrogen) atoms. The Morgan fingerprint density at radius 2 is 0.880 bits per heavy atom. The summed E-state index contributed by atoms with van der Waals surface area (Å²) in [6, 6.07) is 59.9. The molecule has 0 N–H and O–H groups in total. The highest BCUT2D eigenvalue weighted by Crippen LogP contribution is 2.42. The number of fused-ring (bicyclic) bond motifs is 6. The van der Waals surface area contributed by atoms with Crippen LogP contribution in [-0.2, 0) is 6.42 Å². The molecule has 0 spiro atoms. The number of hydrogen-bond donors (Lipinski definition) is 0. The average Bonchev–Trinajstić information content (AvgIpc) is 3.72. The molecule has 9 aromatic rings. The minimum atomic E-state index is 0.644. The van der Waals surface area contributed by atoms with Crippen molar-refractivity contribution in [3.8, 4) is 62.1 Å². The van der Waals surface area contributed by atoms with Crippen LogP contribution in [0, 0.1) is 0 Å². The van der Waals surface area contributed by atoms with Gasteiger partial charge in [0.1, 0.15) is 0 Å². The van der Waals surface area contributed by atoms with E-state index in [9.17, 15) is 0 Å². The van der Waals surface area contributed by atoms with Crippen LogP contribution in [0.1, 0.15) is 11.1 Å². The minimum absolute atomic E-state index is 0.644. The van der Waals surface area contributed by atoms with E-state index in [4.69, 9.17) is 15.0 Å². The van der Waals surface area contributed by atoms with Gasteiger partial charge in [0.05, 0.1) is 11.0 Å². The van der Waals surface area contributed by atoms with E-state index in [-0.39, 0.29) is 0 Å². The van der Waals surface area contributed by atoms with Gasteiger partial charge in [-0.25, -0.2) is 15.0 Å². The van der Waals surface area contributed by atoms with Crippen molar-refractivity contribution in [2.45, 2.75) is 6.42 Å². The Hall–Kier alpha value is -6.65. The third kappa shape index (κ3) is 4.73. The van der Waals surface area contributed by atoms with Gasteiger partial charge in [-0.3, -0.25) is 0 Å². The lowest BCUT2D eigenvalue weighted by Crippen LogP contribution is -2.00. The summed E-state index contributed by atoms with van der Waals surface area (Å²) in [6.07, 6.45) is 0.961. The van der Waals surface area contributed by atoms with Gasteiger partial charge < -0.3 is 4.57 Å². The van der Waals surface area contributed by atoms with E-state index in [2.05, 4.69) is 138 Å². The first-order valence-electron chi connectivity index (χ1n) is 17.0. The largest absolute Gasteiger partial charge is 0.309 e. The van der Waals surface area contributed by atoms with Gasteiger partial charge in [-0.2, -0.15) is 0 Å². The summed E-state index contributed by atoms with van der Waals surface area (Å²) in [5.74, 6) is 1.94. The summed E-state index contributed by atoms with van der Waals surface area (Å²) in [6.45, 7) is 0. The molecule has 1 aliphatic rings. The zero-order valence-corrected chi connectivity index (χ0v) is 27.2. The topological polar surface area (TPSA) is 43.6 Å². The molecule has 0 aliphatic heterocycles. The van der Waals surface area contributed by atoms with Crippen molar-refractivity contribution in [1.82, 2.24) is 19.5 Å². The quantitative estimate of drug-likeness (QED) is 0.188. The molecule has 4 nitrogen and oxygen atoms in total. The van der Waals surface area contributed by atoms with E-state index in [1.54, 1.807) is 0 Å². The molecule has 0 saturated heterocycles. The van der Waals surface area contributed by atoms with E-state index < -0.39 is 0 Å². The van der Waals surface area contributed by atoms with Crippen molar-refractivity contribution in [3.63, 3.8) is 0 Å². The third-order valence-corrected chi connectivity index (χ3v) is 9.89. The summed E-state index contributed by atoms with van der Waals surface area (Å²) < 4.78 is 2.39. The molecule has 2 heterocycles. The van der Waals surface area contributed by atoms with Gasteiger partial charge in [-0.05, 0) is 82.3 Å². The van der Waals surface area contributed by atoms with Crippen LogP contribution in [0.25, 0.3) is 83.9 Å². The fourth-order valence-corrected chi connectivity index (χ4v) is 7.43. The maximum absolute atomic E-state index is 5.02. The summed E-state index contributed by atoms with van der Waals surface area (Å²) >= 11 is 0. The summed E-state index contributed by atoms with van der Waals surface area (Å²) in [4.78, 5) is 15.0. The average molecular weight is 639 g/mol. The van der Waals surface area contributed by atoms with E-state index in [1.165, 1.54) is 49.6 Å². The molecular formula is C46H30N4. The molecule has 0 saturated carbocycles. The third-order valence-electron chi connectivity index (χ3n) is 9.89. The normalized spacial score (nSPS) is 11.9. The molecular weight excluding hydrogens is 609 g/mol. The second-order valence-corrected chi connectivity index (χ2v) is 12.9. The van der Waals surface area contributed by atoms with Gasteiger partial charge in [0.2, 0.25) is 0 Å². The first-order chi connectivity index (χ1) is 24.8. The second-order valence-electron chi connectivity index (χ2n) is 12.9. The Morgan fingerprint density at radius 1 is 0.360 bits per heavy atom. The predicted octanol–water partition coefficient (Wildman–Crippen LogP) is 11.2. The van der Waals surface area contributed by atoms with Gasteiger partial charge in [0.25, 0.3) is 0 Å². The van der Waals surface area contributed by atoms with Gasteiger partial charge in [-0.15, -0.1) is 0 Å². The smallest absolute Gasteiger partial charge is 0.164 e. The fourth-order valence-electron chi connectivity index (χ4n) is 7.43. The Labute approximate surface area is 290 Å². The van der Waals surface area contributed by atoms with Crippen molar-refractivity contribution >= 4 is 21.8 Å². The number of aromatic nitrogens is 4. The lowest BCUT2D eigenvalue weighted by Gasteiger charge is -2.11. The molecule has 0 amide bonds. The highest BCUT2D eigenvalue weighted by molar-refractivity contribution is 6.11. The monoisotopic (exact) mass is 638 g/mol. The van der Waals surface area contributed by atoms with Crippen molar-refractivity contribution in [2.24, 2.45) is 0 Å². The molecule has 10 rings (SSSR count). The Bertz CT molecular complexity index is 2690. The van der Waals surface area contributed by atoms with Crippen LogP contribution < -0.4 is 0 Å². The molecule has 1 aliphatic carbocycles. The van der Waals surface area contributed by atoms with E-state index >= 15 is 0 Å². The van der Waals surface area contributed by atoms with Crippen molar-refractivity contribution in [3.05, 3.63) is 181 Å². The molecule has 0 bridgehead atoms. The summed E-state index contributed by atoms with van der Waals surface area (Å²) in [7, 11) is 0. The first kappa shape index (κ1) is 28.4. The van der Waals surface area contributed by atoms with Crippen LogP contribution in [-0.4, -0.2) is 19.5 Å². The van der Waals surface area contributed by atoms with Crippen molar-refractivity contribution in [1.29, 1.82) is 0 Å². The number of rotatable bonds is 5. The van der Waals surface area contributed by atoms with Crippen LogP contribution in [0.5, 0.6) is 0 Å². The van der Waals surface area contributed by atoms with Crippen LogP contribution in [0.2, 0.25) is 0 Å². The lowest BCUT2D eigenvalue weighted by molar-refractivity contribution is 1.07. The number of benzene rings is 7. The lowest BCUT2D eigenvalue weighted by atomic mass is 10.0. The van der Waals surface area contributed by atoms with Gasteiger partial charge in [-0.1, -0.05) is 127 Å². The predicted molar refractivity (Wildman–Crippen MR) is 204 cm³/mol. The number of nitrogens with zero attached hydrogens (tertiary/aromatic N) is 4. The molecule has 2 aromatic heterocycles. The van der Waals surface area contributed by atoms with Crippen LogP contribution in [0.15, 0.2) is 170 Å². The molecule has 0 radical (unpaired) electrons. The number of hydrogen-bond acceptors (Lipinski definition) is 3. The van der Waals surface area contributed by atoms with Gasteiger partial charge in [0.15, 0.2) is 17.5 Å². The van der Waals surface area contributed by atoms with Crippen molar-refractivity contribution < 1.29 is 0 Å². The fraction of sp³-hybridized carbons (Fsp3) is 0.0217. The summed E-state index contributed by atoms with van der Waals surface area (Å²) in [5, 5.41) is 2.53. The molecule has 0 unspecified atom stereocenters. The van der Waals surface area contributed by atoms with Crippen molar-refractivity contribution in [2.75, 3.05) is 0 Å². The molecule has 7 aromatic carbocycles. The number of para-hydroxylation sites is 1. The molecule has 234 valence electrons. The second kappa shape index (κ2) is 11.5. The maximum Gasteiger partial charge on any atom is 0.164 e. The van der Waals surface area contributed by atoms with E-state index in [1.807, 2.05) is 36.4 Å². The SMILES string of the molecule is c1ccc(-c2ccc(-c3nc(-c4ccccc4)nc(-c4ccc(-n5c6ccccc6c6cc7c(cc65)Cc5ccccc5-7)cc4)n3)cc2)cc1. The maximum atomic E-state index is 5.02. The zero-order valence-electron chi connectivity index (χ0n) is 27.2. The Balaban J connectivity index is 1.07. The zero-order chi connectivity index (χ0) is 33.0. The Kier molecular flexibility index (Phi) is 6.53. The standard InChI is InChI=1S/C46H30N4/c1-3-11-30(12-4-1)31-19-21-33(22-20-31)45-47-44(32-13-5-2-6-14-32)48-46(49-45)34-23-25-37(26-24-34)50-42-18-10-9-17-39(42)41-29-40-36(28-43(41)50)27-35-15-7-8-16-38(35)40/h1-26,28-29H,27H2. The molecule has 4 heteroatoms. The van der Waals surface area contributed by atoms with Gasteiger partial charge in [0, 0.05) is 33.2 Å². The van der Waals surface area contributed by atoms with Crippen LogP contribution in [0.4, 0.5) is 0 Å². The van der Waals surface area contributed by atoms with Crippen LogP contribution in [0.3, 0.4) is 0 Å². The van der Waals surface area contributed by atoms with Crippen LogP contribution >= 0.6 is 0 Å². The van der Waals surface area contributed by atoms with E-state index in [0.717, 1.165) is 34.4 Å². The van der Waals surface area contributed by atoms with E-state index in [0.29, 0.717) is 17.5 Å². The summed E-state index contributed by atoms with van der Waals surface area (Å²) in [5.41, 5.74) is 14.2. The molecule has 0 atom stereocenters. The molecule has 0 fully saturated rings. The highest BCUT2D eigenvalue weighted by Gasteiger charge is 2.22. The van der Waals surface area contributed by atoms with Gasteiger partial charge >= 0.3 is 0 Å².